The third-order valence-corrected chi connectivity index (χ3v) is 4.70. The van der Waals surface area contributed by atoms with Crippen LogP contribution in [0.2, 0.25) is 0 Å². The van der Waals surface area contributed by atoms with E-state index in [-0.39, 0.29) is 0 Å². The Bertz CT molecular complexity index is 924. The highest BCUT2D eigenvalue weighted by Crippen LogP contribution is 2.18. The molecule has 5 nitrogen and oxygen atoms in total. The summed E-state index contributed by atoms with van der Waals surface area (Å²) in [5, 5.41) is 4.28. The van der Waals surface area contributed by atoms with Crippen LogP contribution in [0.5, 0.6) is 5.75 Å². The van der Waals surface area contributed by atoms with Gasteiger partial charge >= 0.3 is 0 Å². The van der Waals surface area contributed by atoms with E-state index in [1.165, 1.54) is 25.7 Å². The molecule has 3 rings (SSSR count). The molecule has 0 saturated heterocycles. The Morgan fingerprint density at radius 3 is 2.47 bits per heavy atom. The van der Waals surface area contributed by atoms with Crippen LogP contribution < -0.4 is 10.2 Å². The molecule has 0 aliphatic carbocycles. The lowest BCUT2D eigenvalue weighted by molar-refractivity contribution is 0.304. The number of nitrogens with zero attached hydrogens (tertiary/aromatic N) is 3. The number of hydrogen-bond acceptors (Lipinski definition) is 5. The minimum Gasteiger partial charge on any atom is -0.494 e. The summed E-state index contributed by atoms with van der Waals surface area (Å²) in [5.41, 5.74) is 6.72. The quantitative estimate of drug-likeness (QED) is 0.234. The average molecular weight is 403 g/mol. The number of aromatic nitrogens is 2. The van der Waals surface area contributed by atoms with Crippen LogP contribution >= 0.6 is 0 Å². The zero-order chi connectivity index (χ0) is 21.0. The number of rotatable bonds is 11. The maximum Gasteiger partial charge on any atom is 0.244 e. The van der Waals surface area contributed by atoms with E-state index in [4.69, 9.17) is 4.74 Å². The van der Waals surface area contributed by atoms with Gasteiger partial charge in [0.25, 0.3) is 0 Å². The Labute approximate surface area is 179 Å². The van der Waals surface area contributed by atoms with Gasteiger partial charge in [-0.2, -0.15) is 5.10 Å². The van der Waals surface area contributed by atoms with E-state index in [0.29, 0.717) is 5.95 Å². The first-order valence-electron chi connectivity index (χ1n) is 10.7. The molecule has 0 spiro atoms. The molecule has 1 aromatic heterocycles. The number of anilines is 1. The summed E-state index contributed by atoms with van der Waals surface area (Å²) in [6.45, 7) is 4.95. The monoisotopic (exact) mass is 402 g/mol. The Balaban J connectivity index is 1.51. The van der Waals surface area contributed by atoms with Crippen molar-refractivity contribution in [3.8, 4) is 17.0 Å². The molecule has 0 radical (unpaired) electrons. The number of ether oxygens (including phenoxy) is 1. The van der Waals surface area contributed by atoms with Gasteiger partial charge in [0, 0.05) is 11.3 Å². The lowest BCUT2D eigenvalue weighted by atomic mass is 10.1. The van der Waals surface area contributed by atoms with E-state index in [2.05, 4.69) is 27.4 Å². The van der Waals surface area contributed by atoms with Crippen molar-refractivity contribution in [2.45, 2.75) is 46.0 Å². The molecule has 1 N–H and O–H groups in total. The van der Waals surface area contributed by atoms with Crippen molar-refractivity contribution in [2.75, 3.05) is 12.0 Å². The summed E-state index contributed by atoms with van der Waals surface area (Å²) in [4.78, 5) is 8.96. The SMILES string of the molecule is CCCCCCCOc1ccc(/C=N\Nc2nc(C)cc(-c3ccccc3)n2)cc1. The third-order valence-electron chi connectivity index (χ3n) is 4.70. The van der Waals surface area contributed by atoms with E-state index >= 15 is 0 Å². The van der Waals surface area contributed by atoms with Gasteiger partial charge in [0.05, 0.1) is 18.5 Å². The minimum absolute atomic E-state index is 0.480. The summed E-state index contributed by atoms with van der Waals surface area (Å²) < 4.78 is 5.80. The predicted octanol–water partition coefficient (Wildman–Crippen LogP) is 6.25. The van der Waals surface area contributed by atoms with Crippen molar-refractivity contribution in [1.82, 2.24) is 9.97 Å². The van der Waals surface area contributed by atoms with Gasteiger partial charge in [0.15, 0.2) is 0 Å². The number of unbranched alkanes of at least 4 members (excludes halogenated alkanes) is 4. The fraction of sp³-hybridized carbons (Fsp3) is 0.320. The number of aryl methyl sites for hydroxylation is 1. The third kappa shape index (κ3) is 6.99. The Hall–Kier alpha value is -3.21. The van der Waals surface area contributed by atoms with Crippen LogP contribution in [-0.4, -0.2) is 22.8 Å². The number of nitrogens with one attached hydrogen (secondary N) is 1. The zero-order valence-electron chi connectivity index (χ0n) is 17.8. The maximum atomic E-state index is 5.80. The second kappa shape index (κ2) is 11.7. The fourth-order valence-electron chi connectivity index (χ4n) is 3.09. The lowest BCUT2D eigenvalue weighted by Crippen LogP contribution is -2.00. The second-order valence-corrected chi connectivity index (χ2v) is 7.29. The maximum absolute atomic E-state index is 5.80. The van der Waals surface area contributed by atoms with E-state index in [1.54, 1.807) is 6.21 Å². The summed E-state index contributed by atoms with van der Waals surface area (Å²) >= 11 is 0. The van der Waals surface area contributed by atoms with Gasteiger partial charge in [0.1, 0.15) is 5.75 Å². The first-order chi connectivity index (χ1) is 14.7. The lowest BCUT2D eigenvalue weighted by Gasteiger charge is -2.06. The van der Waals surface area contributed by atoms with E-state index in [0.717, 1.165) is 41.3 Å². The summed E-state index contributed by atoms with van der Waals surface area (Å²) in [6.07, 6.45) is 7.96. The van der Waals surface area contributed by atoms with E-state index in [1.807, 2.05) is 67.6 Å². The van der Waals surface area contributed by atoms with Gasteiger partial charge in [-0.05, 0) is 49.2 Å². The van der Waals surface area contributed by atoms with Crippen molar-refractivity contribution in [1.29, 1.82) is 0 Å². The predicted molar refractivity (Wildman–Crippen MR) is 124 cm³/mol. The molecule has 0 saturated carbocycles. The van der Waals surface area contributed by atoms with Gasteiger partial charge in [-0.15, -0.1) is 0 Å². The van der Waals surface area contributed by atoms with Gasteiger partial charge in [-0.3, -0.25) is 0 Å². The van der Waals surface area contributed by atoms with Gasteiger partial charge in [-0.1, -0.05) is 62.9 Å². The Kier molecular flexibility index (Phi) is 8.39. The number of hydrogen-bond donors (Lipinski definition) is 1. The summed E-state index contributed by atoms with van der Waals surface area (Å²) in [5.74, 6) is 1.37. The summed E-state index contributed by atoms with van der Waals surface area (Å²) in [7, 11) is 0. The highest BCUT2D eigenvalue weighted by Gasteiger charge is 2.03. The Morgan fingerprint density at radius 1 is 0.933 bits per heavy atom. The molecule has 156 valence electrons. The van der Waals surface area contributed by atoms with Gasteiger partial charge in [-0.25, -0.2) is 15.4 Å². The molecule has 0 unspecified atom stereocenters. The van der Waals surface area contributed by atoms with Crippen LogP contribution in [0.3, 0.4) is 0 Å². The molecule has 3 aromatic rings. The molecule has 30 heavy (non-hydrogen) atoms. The highest BCUT2D eigenvalue weighted by molar-refractivity contribution is 5.80. The first kappa shape index (κ1) is 21.5. The number of benzene rings is 2. The van der Waals surface area contributed by atoms with Crippen LogP contribution in [0.15, 0.2) is 65.8 Å². The Morgan fingerprint density at radius 2 is 1.70 bits per heavy atom. The molecule has 1 heterocycles. The van der Waals surface area contributed by atoms with Crippen LogP contribution in [0, 0.1) is 6.92 Å². The van der Waals surface area contributed by atoms with E-state index in [9.17, 15) is 0 Å². The molecule has 0 aliphatic heterocycles. The van der Waals surface area contributed by atoms with Crippen LogP contribution in [0.4, 0.5) is 5.95 Å². The molecule has 0 aliphatic rings. The smallest absolute Gasteiger partial charge is 0.244 e. The van der Waals surface area contributed by atoms with Crippen LogP contribution in [-0.2, 0) is 0 Å². The zero-order valence-corrected chi connectivity index (χ0v) is 17.8. The normalized spacial score (nSPS) is 11.0. The largest absolute Gasteiger partial charge is 0.494 e. The second-order valence-electron chi connectivity index (χ2n) is 7.29. The molecule has 2 aromatic carbocycles. The van der Waals surface area contributed by atoms with E-state index < -0.39 is 0 Å². The van der Waals surface area contributed by atoms with Crippen molar-refractivity contribution < 1.29 is 4.74 Å². The van der Waals surface area contributed by atoms with Crippen molar-refractivity contribution in [3.63, 3.8) is 0 Å². The average Bonchev–Trinajstić information content (AvgIpc) is 2.77. The molecule has 0 bridgehead atoms. The van der Waals surface area contributed by atoms with Crippen molar-refractivity contribution >= 4 is 12.2 Å². The molecule has 5 heteroatoms. The van der Waals surface area contributed by atoms with Gasteiger partial charge in [0.2, 0.25) is 5.95 Å². The van der Waals surface area contributed by atoms with Crippen molar-refractivity contribution in [2.24, 2.45) is 5.10 Å². The standard InChI is InChI=1S/C25H30N4O/c1-3-4-5-6-10-17-30-23-15-13-21(14-16-23)19-26-29-25-27-20(2)18-24(28-25)22-11-8-7-9-12-22/h7-9,11-16,18-19H,3-6,10,17H2,1-2H3,(H,27,28,29)/b26-19-. The minimum atomic E-state index is 0.480. The molecular weight excluding hydrogens is 372 g/mol. The van der Waals surface area contributed by atoms with Crippen molar-refractivity contribution in [3.05, 3.63) is 71.9 Å². The fourth-order valence-corrected chi connectivity index (χ4v) is 3.09. The molecule has 0 fully saturated rings. The number of hydrazone groups is 1. The molecule has 0 amide bonds. The molecule has 0 atom stereocenters. The van der Waals surface area contributed by atoms with Crippen LogP contribution in [0.1, 0.15) is 50.3 Å². The van der Waals surface area contributed by atoms with Gasteiger partial charge < -0.3 is 4.74 Å². The molecular formula is C25H30N4O. The topological polar surface area (TPSA) is 59.4 Å². The van der Waals surface area contributed by atoms with Crippen LogP contribution in [0.25, 0.3) is 11.3 Å². The first-order valence-corrected chi connectivity index (χ1v) is 10.7. The summed E-state index contributed by atoms with van der Waals surface area (Å²) in [6, 6.07) is 19.9. The highest BCUT2D eigenvalue weighted by atomic mass is 16.5.